The Morgan fingerprint density at radius 3 is 1.48 bits per heavy atom. The quantitative estimate of drug-likeness (QED) is 0.110. The number of ether oxygens (including phenoxy) is 3. The van der Waals surface area contributed by atoms with Gasteiger partial charge in [0.25, 0.3) is 0 Å². The van der Waals surface area contributed by atoms with Crippen LogP contribution < -0.4 is 4.74 Å². The third-order valence-electron chi connectivity index (χ3n) is 10.7. The minimum Gasteiger partial charge on any atom is -0.508 e. The van der Waals surface area contributed by atoms with E-state index in [-0.39, 0.29) is 33.9 Å². The van der Waals surface area contributed by atoms with Crippen LogP contribution >= 0.6 is 0 Å². The van der Waals surface area contributed by atoms with Gasteiger partial charge in [-0.05, 0) is 64.7 Å². The predicted molar refractivity (Wildman–Crippen MR) is 194 cm³/mol. The van der Waals surface area contributed by atoms with Crippen LogP contribution in [0.4, 0.5) is 0 Å². The van der Waals surface area contributed by atoms with E-state index >= 15 is 0 Å². The highest BCUT2D eigenvalue weighted by Gasteiger charge is 2.50. The van der Waals surface area contributed by atoms with Crippen molar-refractivity contribution in [2.24, 2.45) is 0 Å². The van der Waals surface area contributed by atoms with Crippen LogP contribution in [0.15, 0.2) is 66.7 Å². The molecular weight excluding hydrogens is 736 g/mol. The number of fused-ring (bicyclic) bond motifs is 1. The second-order valence-electron chi connectivity index (χ2n) is 14.1. The van der Waals surface area contributed by atoms with Crippen LogP contribution in [-0.2, 0) is 9.47 Å². The second-order valence-corrected chi connectivity index (χ2v) is 14.1. The highest BCUT2D eigenvalue weighted by Crippen LogP contribution is 2.58. The standard InChI is InChI=1S/C40H42O16/c41-14-25-31(48)33(50)35(52)39(54-25)29-22(45)12-19(13-23(29)46)28-27-18(4-1-16-2-7-20(43)8-3-16)11-24(47)30(40-36(53)34(51)32(49)26(15-42)55-40)38(27)56-37(28)17-5-9-21(44)10-6-17/h1-13,25-26,28,31-37,39-53H,14-15H2/t25-,26-,28-,31-,32-,33+,34+,35-,36-,37+,39+,40+/m1/s1. The number of rotatable bonds is 8. The highest BCUT2D eigenvalue weighted by atomic mass is 16.6. The zero-order valence-corrected chi connectivity index (χ0v) is 29.4. The number of phenolic OH excluding ortho intramolecular Hbond substituents is 5. The fraction of sp³-hybridized carbons (Fsp3) is 0.350. The first-order valence-electron chi connectivity index (χ1n) is 17.7. The van der Waals surface area contributed by atoms with E-state index < -0.39 is 104 Å². The lowest BCUT2D eigenvalue weighted by Gasteiger charge is -2.40. The Labute approximate surface area is 318 Å². The van der Waals surface area contributed by atoms with E-state index in [0.717, 1.165) is 0 Å². The predicted octanol–water partition coefficient (Wildman–Crippen LogP) is 0.680. The zero-order valence-electron chi connectivity index (χ0n) is 29.4. The van der Waals surface area contributed by atoms with Crippen molar-refractivity contribution in [1.29, 1.82) is 0 Å². The lowest BCUT2D eigenvalue weighted by atomic mass is 9.80. The van der Waals surface area contributed by atoms with Crippen molar-refractivity contribution in [3.63, 3.8) is 0 Å². The summed E-state index contributed by atoms with van der Waals surface area (Å²) >= 11 is 0. The van der Waals surface area contributed by atoms with Gasteiger partial charge < -0.3 is 80.6 Å². The number of aliphatic hydroxyl groups excluding tert-OH is 8. The van der Waals surface area contributed by atoms with Crippen LogP contribution in [-0.4, -0.2) is 128 Å². The molecule has 4 aromatic rings. The third-order valence-corrected chi connectivity index (χ3v) is 10.7. The molecule has 0 unspecified atom stereocenters. The van der Waals surface area contributed by atoms with Crippen molar-refractivity contribution in [3.05, 3.63) is 106 Å². The zero-order chi connectivity index (χ0) is 40.2. The number of hydrogen-bond acceptors (Lipinski definition) is 16. The molecule has 16 nitrogen and oxygen atoms in total. The highest BCUT2D eigenvalue weighted by molar-refractivity contribution is 5.77. The molecule has 13 N–H and O–H groups in total. The maximum atomic E-state index is 11.6. The molecule has 16 heteroatoms. The molecule has 2 saturated heterocycles. The molecule has 3 heterocycles. The topological polar surface area (TPSA) is 291 Å². The van der Waals surface area contributed by atoms with Crippen LogP contribution in [0.25, 0.3) is 12.2 Å². The van der Waals surface area contributed by atoms with Crippen molar-refractivity contribution in [2.45, 2.75) is 73.1 Å². The molecule has 0 aromatic heterocycles. The summed E-state index contributed by atoms with van der Waals surface area (Å²) < 4.78 is 18.1. The molecule has 56 heavy (non-hydrogen) atoms. The Morgan fingerprint density at radius 1 is 0.482 bits per heavy atom. The maximum Gasteiger partial charge on any atom is 0.135 e. The van der Waals surface area contributed by atoms with E-state index in [1.807, 2.05) is 0 Å². The summed E-state index contributed by atoms with van der Waals surface area (Å²) in [6.07, 6.45) is -14.3. The average Bonchev–Trinajstić information content (AvgIpc) is 3.57. The Hall–Kier alpha value is -4.98. The summed E-state index contributed by atoms with van der Waals surface area (Å²) in [5.74, 6) is -2.79. The Kier molecular flexibility index (Phi) is 10.9. The Balaban J connectivity index is 1.44. The molecule has 7 rings (SSSR count). The molecule has 3 aliphatic rings. The smallest absolute Gasteiger partial charge is 0.135 e. The summed E-state index contributed by atoms with van der Waals surface area (Å²) in [5.41, 5.74) is 1.40. The van der Waals surface area contributed by atoms with Gasteiger partial charge in [-0.3, -0.25) is 0 Å². The summed E-state index contributed by atoms with van der Waals surface area (Å²) in [7, 11) is 0. The average molecular weight is 779 g/mol. The first kappa shape index (κ1) is 39.3. The van der Waals surface area contributed by atoms with Gasteiger partial charge in [0.05, 0.1) is 30.3 Å². The summed E-state index contributed by atoms with van der Waals surface area (Å²) in [6, 6.07) is 16.0. The van der Waals surface area contributed by atoms with E-state index in [4.69, 9.17) is 14.2 Å². The molecule has 12 atom stereocenters. The molecule has 2 fully saturated rings. The van der Waals surface area contributed by atoms with Crippen LogP contribution in [0, 0.1) is 0 Å². The molecule has 298 valence electrons. The van der Waals surface area contributed by atoms with Crippen molar-refractivity contribution < 1.29 is 80.6 Å². The number of benzene rings is 4. The van der Waals surface area contributed by atoms with Crippen LogP contribution in [0.1, 0.15) is 63.2 Å². The van der Waals surface area contributed by atoms with Gasteiger partial charge in [-0.25, -0.2) is 0 Å². The van der Waals surface area contributed by atoms with E-state index in [9.17, 15) is 66.4 Å². The summed E-state index contributed by atoms with van der Waals surface area (Å²) in [6.45, 7) is -1.51. The minimum atomic E-state index is -1.84. The fourth-order valence-corrected chi connectivity index (χ4v) is 7.74. The molecule has 4 aromatic carbocycles. The molecule has 0 aliphatic carbocycles. The van der Waals surface area contributed by atoms with E-state index in [2.05, 4.69) is 0 Å². The SMILES string of the molecule is OC[C@H]1O[C@@H](c2c(O)cc([C@@H]3c4c(C=Cc5ccc(O)cc5)cc(O)c([C@@H]5O[C@H](CO)[C@@H](O)[C@H](O)[C@H]5O)c4O[C@H]3c3ccc(O)cc3)cc2O)[C@H](O)[C@@H](O)[C@@H]1O. The van der Waals surface area contributed by atoms with E-state index in [1.165, 1.54) is 42.5 Å². The lowest BCUT2D eigenvalue weighted by molar-refractivity contribution is -0.232. The molecule has 0 radical (unpaired) electrons. The van der Waals surface area contributed by atoms with Gasteiger partial charge in [0, 0.05) is 5.56 Å². The molecule has 0 amide bonds. The fourth-order valence-electron chi connectivity index (χ4n) is 7.74. The van der Waals surface area contributed by atoms with Crippen molar-refractivity contribution in [3.8, 4) is 34.5 Å². The van der Waals surface area contributed by atoms with E-state index in [1.54, 1.807) is 36.4 Å². The minimum absolute atomic E-state index is 0.0292. The summed E-state index contributed by atoms with van der Waals surface area (Å²) in [4.78, 5) is 0. The number of aromatic hydroxyl groups is 5. The van der Waals surface area contributed by atoms with Crippen LogP contribution in [0.5, 0.6) is 34.5 Å². The molecule has 0 saturated carbocycles. The molecule has 0 bridgehead atoms. The first-order chi connectivity index (χ1) is 26.7. The van der Waals surface area contributed by atoms with Gasteiger partial charge in [0.15, 0.2) is 0 Å². The van der Waals surface area contributed by atoms with Crippen molar-refractivity contribution >= 4 is 12.2 Å². The molecule has 0 spiro atoms. The number of phenols is 5. The normalized spacial score (nSPS) is 31.6. The van der Waals surface area contributed by atoms with Gasteiger partial charge in [-0.1, -0.05) is 36.4 Å². The molecule has 3 aliphatic heterocycles. The Morgan fingerprint density at radius 2 is 0.964 bits per heavy atom. The van der Waals surface area contributed by atoms with Gasteiger partial charge in [0.1, 0.15) is 102 Å². The number of aliphatic hydroxyl groups is 8. The van der Waals surface area contributed by atoms with Crippen molar-refractivity contribution in [1.82, 2.24) is 0 Å². The largest absolute Gasteiger partial charge is 0.508 e. The number of hydrogen-bond donors (Lipinski definition) is 13. The third kappa shape index (κ3) is 6.90. The van der Waals surface area contributed by atoms with Gasteiger partial charge in [-0.15, -0.1) is 0 Å². The Bertz CT molecular complexity index is 2040. The maximum absolute atomic E-state index is 11.6. The van der Waals surface area contributed by atoms with Gasteiger partial charge >= 0.3 is 0 Å². The van der Waals surface area contributed by atoms with Crippen LogP contribution in [0.2, 0.25) is 0 Å². The van der Waals surface area contributed by atoms with E-state index in [0.29, 0.717) is 22.3 Å². The van der Waals surface area contributed by atoms with Crippen molar-refractivity contribution in [2.75, 3.05) is 13.2 Å². The van der Waals surface area contributed by atoms with Gasteiger partial charge in [-0.2, -0.15) is 0 Å². The van der Waals surface area contributed by atoms with Crippen LogP contribution in [0.3, 0.4) is 0 Å². The monoisotopic (exact) mass is 778 g/mol. The van der Waals surface area contributed by atoms with Gasteiger partial charge in [0.2, 0.25) is 0 Å². The second kappa shape index (κ2) is 15.5. The summed E-state index contributed by atoms with van der Waals surface area (Å²) in [5, 5.41) is 138. The molecular formula is C40H42O16. The lowest BCUT2D eigenvalue weighted by Crippen LogP contribution is -2.55. The first-order valence-corrected chi connectivity index (χ1v) is 17.7.